The standard InChI is InChI=1S/C14H8BrNO3/c15-11-6-2-1-5-10(11)13-16-12(14(17)19-13)8-9-4-3-7-18-9/h1-8H. The van der Waals surface area contributed by atoms with Gasteiger partial charge in [-0.2, -0.15) is 0 Å². The summed E-state index contributed by atoms with van der Waals surface area (Å²) in [6.07, 6.45) is 3.08. The van der Waals surface area contributed by atoms with Gasteiger partial charge in [0.05, 0.1) is 11.8 Å². The van der Waals surface area contributed by atoms with Crippen molar-refractivity contribution in [2.24, 2.45) is 4.99 Å². The first-order valence-corrected chi connectivity index (χ1v) is 6.34. The molecule has 0 N–H and O–H groups in total. The summed E-state index contributed by atoms with van der Waals surface area (Å²) in [5.74, 6) is 0.363. The molecule has 94 valence electrons. The third-order valence-corrected chi connectivity index (χ3v) is 3.24. The van der Waals surface area contributed by atoms with Gasteiger partial charge in [0.25, 0.3) is 0 Å². The summed E-state index contributed by atoms with van der Waals surface area (Å²) < 4.78 is 11.1. The van der Waals surface area contributed by atoms with Gasteiger partial charge in [-0.3, -0.25) is 0 Å². The second-order valence-corrected chi connectivity index (χ2v) is 4.69. The van der Waals surface area contributed by atoms with E-state index in [-0.39, 0.29) is 11.6 Å². The highest BCUT2D eigenvalue weighted by molar-refractivity contribution is 9.10. The van der Waals surface area contributed by atoms with Gasteiger partial charge in [-0.15, -0.1) is 0 Å². The predicted molar refractivity (Wildman–Crippen MR) is 73.5 cm³/mol. The molecule has 3 rings (SSSR count). The van der Waals surface area contributed by atoms with Gasteiger partial charge in [-0.05, 0) is 40.2 Å². The highest BCUT2D eigenvalue weighted by atomic mass is 79.9. The van der Waals surface area contributed by atoms with E-state index in [1.54, 1.807) is 18.2 Å². The van der Waals surface area contributed by atoms with Gasteiger partial charge < -0.3 is 9.15 Å². The molecule has 2 heterocycles. The number of nitrogens with zero attached hydrogens (tertiary/aromatic N) is 1. The summed E-state index contributed by atoms with van der Waals surface area (Å²) in [5.41, 5.74) is 0.958. The number of carbonyl (C=O) groups is 1. The summed E-state index contributed by atoms with van der Waals surface area (Å²) >= 11 is 3.40. The molecule has 0 radical (unpaired) electrons. The van der Waals surface area contributed by atoms with Crippen LogP contribution in [0.15, 0.2) is 62.2 Å². The molecule has 0 fully saturated rings. The Hall–Kier alpha value is -2.14. The fourth-order valence-electron chi connectivity index (χ4n) is 1.67. The first-order chi connectivity index (χ1) is 9.24. The van der Waals surface area contributed by atoms with Crippen molar-refractivity contribution in [2.75, 3.05) is 0 Å². The minimum absolute atomic E-state index is 0.223. The van der Waals surface area contributed by atoms with E-state index in [0.29, 0.717) is 5.76 Å². The quantitative estimate of drug-likeness (QED) is 0.630. The largest absolute Gasteiger partial charge is 0.465 e. The Labute approximate surface area is 117 Å². The van der Waals surface area contributed by atoms with Crippen molar-refractivity contribution in [1.82, 2.24) is 0 Å². The van der Waals surface area contributed by atoms with Crippen LogP contribution in [0, 0.1) is 0 Å². The van der Waals surface area contributed by atoms with Crippen LogP contribution in [-0.2, 0) is 9.53 Å². The molecule has 1 aliphatic heterocycles. The molecule has 1 aromatic carbocycles. The van der Waals surface area contributed by atoms with Crippen molar-refractivity contribution in [3.05, 3.63) is 64.2 Å². The molecule has 1 aromatic heterocycles. The number of ether oxygens (including phenoxy) is 1. The number of hydrogen-bond donors (Lipinski definition) is 0. The van der Waals surface area contributed by atoms with Crippen molar-refractivity contribution >= 4 is 33.9 Å². The molecule has 0 atom stereocenters. The van der Waals surface area contributed by atoms with Gasteiger partial charge in [0, 0.05) is 10.5 Å². The second-order valence-electron chi connectivity index (χ2n) is 3.83. The maximum Gasteiger partial charge on any atom is 0.363 e. The highest BCUT2D eigenvalue weighted by Gasteiger charge is 2.25. The number of aliphatic imine (C=N–C) groups is 1. The molecule has 2 aromatic rings. The minimum Gasteiger partial charge on any atom is -0.465 e. The van der Waals surface area contributed by atoms with Crippen LogP contribution in [0.25, 0.3) is 6.08 Å². The maximum atomic E-state index is 11.7. The third kappa shape index (κ3) is 2.37. The van der Waals surface area contributed by atoms with Gasteiger partial charge >= 0.3 is 5.97 Å². The fraction of sp³-hybridized carbons (Fsp3) is 0. The lowest BCUT2D eigenvalue weighted by Gasteiger charge is -2.01. The van der Waals surface area contributed by atoms with E-state index < -0.39 is 5.97 Å². The molecule has 0 spiro atoms. The van der Waals surface area contributed by atoms with E-state index in [4.69, 9.17) is 9.15 Å². The van der Waals surface area contributed by atoms with Gasteiger partial charge in [0.1, 0.15) is 5.76 Å². The normalized spacial score (nSPS) is 16.6. The number of hydrogen-bond acceptors (Lipinski definition) is 4. The van der Waals surface area contributed by atoms with Gasteiger partial charge in [-0.1, -0.05) is 12.1 Å². The van der Waals surface area contributed by atoms with Crippen LogP contribution < -0.4 is 0 Å². The summed E-state index contributed by atoms with van der Waals surface area (Å²) in [4.78, 5) is 15.9. The molecule has 19 heavy (non-hydrogen) atoms. The summed E-state index contributed by atoms with van der Waals surface area (Å²) in [5, 5.41) is 0. The van der Waals surface area contributed by atoms with E-state index in [2.05, 4.69) is 20.9 Å². The molecule has 1 aliphatic rings. The number of rotatable bonds is 2. The molecular formula is C14H8BrNO3. The highest BCUT2D eigenvalue weighted by Crippen LogP contribution is 2.23. The lowest BCUT2D eigenvalue weighted by molar-refractivity contribution is -0.129. The lowest BCUT2D eigenvalue weighted by atomic mass is 10.2. The zero-order chi connectivity index (χ0) is 13.2. The van der Waals surface area contributed by atoms with Gasteiger partial charge in [-0.25, -0.2) is 9.79 Å². The van der Waals surface area contributed by atoms with E-state index >= 15 is 0 Å². The van der Waals surface area contributed by atoms with Crippen LogP contribution in [-0.4, -0.2) is 11.9 Å². The summed E-state index contributed by atoms with van der Waals surface area (Å²) in [7, 11) is 0. The first-order valence-electron chi connectivity index (χ1n) is 5.55. The number of carbonyl (C=O) groups excluding carboxylic acids is 1. The Kier molecular flexibility index (Phi) is 3.05. The third-order valence-electron chi connectivity index (χ3n) is 2.55. The minimum atomic E-state index is -0.484. The molecule has 0 saturated carbocycles. The smallest absolute Gasteiger partial charge is 0.363 e. The molecular weight excluding hydrogens is 310 g/mol. The van der Waals surface area contributed by atoms with Crippen LogP contribution in [0.2, 0.25) is 0 Å². The summed E-state index contributed by atoms with van der Waals surface area (Å²) in [6, 6.07) is 10.9. The van der Waals surface area contributed by atoms with Crippen molar-refractivity contribution in [3.63, 3.8) is 0 Å². The molecule has 0 saturated heterocycles. The van der Waals surface area contributed by atoms with Crippen molar-refractivity contribution in [1.29, 1.82) is 0 Å². The predicted octanol–water partition coefficient (Wildman–Crippen LogP) is 3.39. The van der Waals surface area contributed by atoms with Crippen LogP contribution in [0.1, 0.15) is 11.3 Å². The van der Waals surface area contributed by atoms with Crippen molar-refractivity contribution in [2.45, 2.75) is 0 Å². The van der Waals surface area contributed by atoms with E-state index in [1.165, 1.54) is 6.26 Å². The topological polar surface area (TPSA) is 51.8 Å². The Morgan fingerprint density at radius 3 is 2.74 bits per heavy atom. The van der Waals surface area contributed by atoms with E-state index in [0.717, 1.165) is 10.0 Å². The number of cyclic esters (lactones) is 1. The average Bonchev–Trinajstić information content (AvgIpc) is 3.02. The Balaban J connectivity index is 1.98. The molecule has 5 heteroatoms. The van der Waals surface area contributed by atoms with E-state index in [9.17, 15) is 4.79 Å². The average molecular weight is 318 g/mol. The maximum absolute atomic E-state index is 11.7. The van der Waals surface area contributed by atoms with Crippen molar-refractivity contribution in [3.8, 4) is 0 Å². The zero-order valence-corrected chi connectivity index (χ0v) is 11.3. The molecule has 4 nitrogen and oxygen atoms in total. The Morgan fingerprint density at radius 1 is 1.16 bits per heavy atom. The monoisotopic (exact) mass is 317 g/mol. The number of halogens is 1. The van der Waals surface area contributed by atoms with Crippen LogP contribution in [0.3, 0.4) is 0 Å². The molecule has 0 bridgehead atoms. The van der Waals surface area contributed by atoms with Gasteiger partial charge in [0.15, 0.2) is 5.70 Å². The Morgan fingerprint density at radius 2 is 2.00 bits per heavy atom. The SMILES string of the molecule is O=C1OC(c2ccccc2Br)=NC1=Cc1ccco1. The van der Waals surface area contributed by atoms with Crippen LogP contribution in [0.4, 0.5) is 0 Å². The number of furan rings is 1. The fourth-order valence-corrected chi connectivity index (χ4v) is 2.12. The van der Waals surface area contributed by atoms with Crippen LogP contribution in [0.5, 0.6) is 0 Å². The molecule has 0 unspecified atom stereocenters. The lowest BCUT2D eigenvalue weighted by Crippen LogP contribution is -2.05. The number of benzene rings is 1. The van der Waals surface area contributed by atoms with E-state index in [1.807, 2.05) is 24.3 Å². The zero-order valence-electron chi connectivity index (χ0n) is 9.67. The van der Waals surface area contributed by atoms with Crippen LogP contribution >= 0.6 is 15.9 Å². The molecule has 0 aliphatic carbocycles. The second kappa shape index (κ2) is 4.85. The molecule has 0 amide bonds. The Bertz CT molecular complexity index is 686. The number of esters is 1. The first kappa shape index (κ1) is 11.9. The van der Waals surface area contributed by atoms with Gasteiger partial charge in [0.2, 0.25) is 5.90 Å². The summed E-state index contributed by atoms with van der Waals surface area (Å²) in [6.45, 7) is 0. The van der Waals surface area contributed by atoms with Crippen molar-refractivity contribution < 1.29 is 13.9 Å².